The maximum atomic E-state index is 10.7. The Labute approximate surface area is 113 Å². The normalized spacial score (nSPS) is 22.1. The third kappa shape index (κ3) is 3.52. The summed E-state index contributed by atoms with van der Waals surface area (Å²) >= 11 is 0. The van der Waals surface area contributed by atoms with Gasteiger partial charge < -0.3 is 5.11 Å². The molecule has 1 fully saturated rings. The van der Waals surface area contributed by atoms with E-state index < -0.39 is 11.0 Å². The number of rotatable bonds is 4. The van der Waals surface area contributed by atoms with Gasteiger partial charge in [-0.3, -0.25) is 15.0 Å². The Morgan fingerprint density at radius 3 is 3.00 bits per heavy atom. The second-order valence-electron chi connectivity index (χ2n) is 5.21. The molecule has 0 bridgehead atoms. The van der Waals surface area contributed by atoms with E-state index in [-0.39, 0.29) is 5.69 Å². The highest BCUT2D eigenvalue weighted by molar-refractivity contribution is 5.35. The van der Waals surface area contributed by atoms with Crippen molar-refractivity contribution in [3.05, 3.63) is 39.9 Å². The van der Waals surface area contributed by atoms with Gasteiger partial charge in [0.25, 0.3) is 5.69 Å². The van der Waals surface area contributed by atoms with E-state index in [1.165, 1.54) is 18.6 Å². The number of nitrogens with zero attached hydrogens (tertiary/aromatic N) is 2. The molecule has 1 N–H and O–H groups in total. The monoisotopic (exact) mass is 264 g/mol. The van der Waals surface area contributed by atoms with Gasteiger partial charge in [0.05, 0.1) is 11.0 Å². The van der Waals surface area contributed by atoms with E-state index in [0.717, 1.165) is 19.4 Å². The molecule has 1 heterocycles. The second-order valence-corrected chi connectivity index (χ2v) is 5.21. The Morgan fingerprint density at radius 2 is 2.32 bits per heavy atom. The Morgan fingerprint density at radius 1 is 1.53 bits per heavy atom. The highest BCUT2D eigenvalue weighted by Crippen LogP contribution is 2.23. The fraction of sp³-hybridized carbons (Fsp3) is 0.571. The summed E-state index contributed by atoms with van der Waals surface area (Å²) in [6.07, 6.45) is 2.89. The summed E-state index contributed by atoms with van der Waals surface area (Å²) in [4.78, 5) is 12.6. The van der Waals surface area contributed by atoms with Crippen molar-refractivity contribution in [2.75, 3.05) is 13.1 Å². The van der Waals surface area contributed by atoms with Crippen molar-refractivity contribution in [3.63, 3.8) is 0 Å². The molecule has 0 amide bonds. The number of aliphatic hydroxyl groups is 1. The number of β-amino-alcohol motifs (C(OH)–C–C–N with tert-alkyl or cyclic N) is 1. The van der Waals surface area contributed by atoms with Crippen LogP contribution >= 0.6 is 0 Å². The van der Waals surface area contributed by atoms with Crippen LogP contribution in [0.4, 0.5) is 5.69 Å². The van der Waals surface area contributed by atoms with Crippen LogP contribution in [0.15, 0.2) is 24.3 Å². The standard InChI is InChI=1S/C14H20N2O3/c1-11-5-2-3-8-15(11)10-14(17)12-6-4-7-13(9-12)16(18)19/h4,6-7,9,11,14,17H,2-3,5,8,10H2,1H3. The van der Waals surface area contributed by atoms with Gasteiger partial charge in [0.15, 0.2) is 0 Å². The lowest BCUT2D eigenvalue weighted by Gasteiger charge is -2.34. The van der Waals surface area contributed by atoms with Crippen LogP contribution in [0.5, 0.6) is 0 Å². The van der Waals surface area contributed by atoms with Gasteiger partial charge in [-0.2, -0.15) is 0 Å². The van der Waals surface area contributed by atoms with Gasteiger partial charge in [-0.25, -0.2) is 0 Å². The van der Waals surface area contributed by atoms with Crippen LogP contribution in [0.1, 0.15) is 37.9 Å². The maximum absolute atomic E-state index is 10.7. The Balaban J connectivity index is 2.04. The molecule has 2 rings (SSSR count). The van der Waals surface area contributed by atoms with E-state index in [4.69, 9.17) is 0 Å². The number of likely N-dealkylation sites (tertiary alicyclic amines) is 1. The molecule has 0 spiro atoms. The maximum Gasteiger partial charge on any atom is 0.269 e. The number of hydrogen-bond donors (Lipinski definition) is 1. The molecule has 2 unspecified atom stereocenters. The summed E-state index contributed by atoms with van der Waals surface area (Å²) in [5, 5.41) is 21.0. The number of nitro groups is 1. The lowest BCUT2D eigenvalue weighted by atomic mass is 10.0. The Kier molecular flexibility index (Phi) is 4.50. The molecule has 5 nitrogen and oxygen atoms in total. The average Bonchev–Trinajstić information content (AvgIpc) is 2.41. The molecule has 1 aliphatic rings. The van der Waals surface area contributed by atoms with Crippen molar-refractivity contribution in [2.24, 2.45) is 0 Å². The summed E-state index contributed by atoms with van der Waals surface area (Å²) in [5.41, 5.74) is 0.648. The van der Waals surface area contributed by atoms with Crippen molar-refractivity contribution >= 4 is 5.69 Å². The first kappa shape index (κ1) is 14.0. The summed E-state index contributed by atoms with van der Waals surface area (Å²) in [6, 6.07) is 6.74. The van der Waals surface area contributed by atoms with E-state index in [1.807, 2.05) is 0 Å². The minimum absolute atomic E-state index is 0.0308. The lowest BCUT2D eigenvalue weighted by Crippen LogP contribution is -2.40. The molecule has 19 heavy (non-hydrogen) atoms. The molecule has 0 radical (unpaired) electrons. The zero-order chi connectivity index (χ0) is 13.8. The summed E-state index contributed by atoms with van der Waals surface area (Å²) in [6.45, 7) is 3.70. The summed E-state index contributed by atoms with van der Waals surface area (Å²) < 4.78 is 0. The Bertz CT molecular complexity index is 450. The minimum atomic E-state index is -0.666. The van der Waals surface area contributed by atoms with Crippen LogP contribution in [-0.2, 0) is 0 Å². The van der Waals surface area contributed by atoms with E-state index >= 15 is 0 Å². The van der Waals surface area contributed by atoms with Gasteiger partial charge in [-0.1, -0.05) is 18.6 Å². The first-order chi connectivity index (χ1) is 9.08. The quantitative estimate of drug-likeness (QED) is 0.670. The highest BCUT2D eigenvalue weighted by Gasteiger charge is 2.22. The first-order valence-electron chi connectivity index (χ1n) is 6.74. The molecule has 2 atom stereocenters. The van der Waals surface area contributed by atoms with Gasteiger partial charge in [-0.05, 0) is 31.9 Å². The molecule has 1 aliphatic heterocycles. The smallest absolute Gasteiger partial charge is 0.269 e. The van der Waals surface area contributed by atoms with Crippen LogP contribution in [0.3, 0.4) is 0 Å². The summed E-state index contributed by atoms with van der Waals surface area (Å²) in [5.74, 6) is 0. The predicted molar refractivity (Wildman–Crippen MR) is 72.9 cm³/mol. The van der Waals surface area contributed by atoms with Gasteiger partial charge >= 0.3 is 0 Å². The SMILES string of the molecule is CC1CCCCN1CC(O)c1cccc([N+](=O)[O-])c1. The van der Waals surface area contributed by atoms with E-state index in [1.54, 1.807) is 12.1 Å². The molecule has 5 heteroatoms. The van der Waals surface area contributed by atoms with Crippen molar-refractivity contribution in [3.8, 4) is 0 Å². The second kappa shape index (κ2) is 6.12. The van der Waals surface area contributed by atoms with Gasteiger partial charge in [0.2, 0.25) is 0 Å². The van der Waals surface area contributed by atoms with Gasteiger partial charge in [0, 0.05) is 24.7 Å². The minimum Gasteiger partial charge on any atom is -0.387 e. The summed E-state index contributed by atoms with van der Waals surface area (Å²) in [7, 11) is 0. The van der Waals surface area contributed by atoms with Gasteiger partial charge in [0.1, 0.15) is 0 Å². The number of aliphatic hydroxyl groups excluding tert-OH is 1. The highest BCUT2D eigenvalue weighted by atomic mass is 16.6. The number of hydrogen-bond acceptors (Lipinski definition) is 4. The molecular formula is C14H20N2O3. The van der Waals surface area contributed by atoms with Crippen molar-refractivity contribution < 1.29 is 10.0 Å². The molecule has 1 aromatic carbocycles. The predicted octanol–water partition coefficient (Wildman–Crippen LogP) is 2.50. The molecule has 1 saturated heterocycles. The van der Waals surface area contributed by atoms with Crippen LogP contribution in [0, 0.1) is 10.1 Å². The number of benzene rings is 1. The molecule has 104 valence electrons. The molecule has 0 saturated carbocycles. The fourth-order valence-corrected chi connectivity index (χ4v) is 2.60. The van der Waals surface area contributed by atoms with Crippen LogP contribution in [-0.4, -0.2) is 34.1 Å². The van der Waals surface area contributed by atoms with Crippen molar-refractivity contribution in [2.45, 2.75) is 38.3 Å². The zero-order valence-electron chi connectivity index (χ0n) is 11.2. The topological polar surface area (TPSA) is 66.6 Å². The van der Waals surface area contributed by atoms with Crippen LogP contribution < -0.4 is 0 Å². The number of piperidine rings is 1. The largest absolute Gasteiger partial charge is 0.387 e. The van der Waals surface area contributed by atoms with E-state index in [2.05, 4.69) is 11.8 Å². The van der Waals surface area contributed by atoms with E-state index in [0.29, 0.717) is 18.2 Å². The van der Waals surface area contributed by atoms with E-state index in [9.17, 15) is 15.2 Å². The molecule has 0 aliphatic carbocycles. The third-order valence-corrected chi connectivity index (χ3v) is 3.81. The van der Waals surface area contributed by atoms with Crippen molar-refractivity contribution in [1.29, 1.82) is 0 Å². The first-order valence-corrected chi connectivity index (χ1v) is 6.74. The molecular weight excluding hydrogens is 244 g/mol. The third-order valence-electron chi connectivity index (χ3n) is 3.81. The fourth-order valence-electron chi connectivity index (χ4n) is 2.60. The molecule has 1 aromatic rings. The zero-order valence-corrected chi connectivity index (χ0v) is 11.2. The van der Waals surface area contributed by atoms with Gasteiger partial charge in [-0.15, -0.1) is 0 Å². The number of nitro benzene ring substituents is 1. The molecule has 0 aromatic heterocycles. The van der Waals surface area contributed by atoms with Crippen molar-refractivity contribution in [1.82, 2.24) is 4.90 Å². The lowest BCUT2D eigenvalue weighted by molar-refractivity contribution is -0.385. The van der Waals surface area contributed by atoms with Crippen LogP contribution in [0.25, 0.3) is 0 Å². The number of non-ortho nitro benzene ring substituents is 1. The Hall–Kier alpha value is -1.46. The van der Waals surface area contributed by atoms with Crippen LogP contribution in [0.2, 0.25) is 0 Å². The average molecular weight is 264 g/mol.